The van der Waals surface area contributed by atoms with Crippen molar-refractivity contribution in [2.24, 2.45) is 5.73 Å². The van der Waals surface area contributed by atoms with Crippen LogP contribution in [0.3, 0.4) is 0 Å². The molecule has 5 nitrogen and oxygen atoms in total. The number of ether oxygens (including phenoxy) is 1. The Morgan fingerprint density at radius 1 is 1.35 bits per heavy atom. The third kappa shape index (κ3) is 3.91. The zero-order valence-electron chi connectivity index (χ0n) is 12.1. The summed E-state index contributed by atoms with van der Waals surface area (Å²) in [5, 5.41) is 0. The molecule has 2 N–H and O–H groups in total. The fourth-order valence-electron chi connectivity index (χ4n) is 2.18. The van der Waals surface area contributed by atoms with E-state index in [4.69, 9.17) is 22.1 Å². The summed E-state index contributed by atoms with van der Waals surface area (Å²) in [6.45, 7) is 0.546. The molecule has 0 bridgehead atoms. The van der Waals surface area contributed by atoms with E-state index in [9.17, 15) is 4.79 Å². The van der Waals surface area contributed by atoms with Crippen molar-refractivity contribution in [1.82, 2.24) is 9.55 Å². The van der Waals surface area contributed by atoms with E-state index in [1.165, 1.54) is 0 Å². The first-order valence-electron chi connectivity index (χ1n) is 6.89. The molecule has 0 aliphatic rings. The lowest BCUT2D eigenvalue weighted by atomic mass is 10.2. The van der Waals surface area contributed by atoms with E-state index in [1.807, 2.05) is 41.1 Å². The molecule has 3 rings (SSSR count). The number of thiophene rings is 1. The van der Waals surface area contributed by atoms with Gasteiger partial charge >= 0.3 is 0 Å². The number of amides is 1. The molecule has 2 aromatic heterocycles. The van der Waals surface area contributed by atoms with Gasteiger partial charge in [-0.2, -0.15) is 0 Å². The van der Waals surface area contributed by atoms with E-state index in [1.54, 1.807) is 23.6 Å². The van der Waals surface area contributed by atoms with Crippen LogP contribution >= 0.6 is 22.9 Å². The molecule has 0 unspecified atom stereocenters. The molecule has 1 aromatic carbocycles. The van der Waals surface area contributed by atoms with Gasteiger partial charge in [0, 0.05) is 22.8 Å². The smallest absolute Gasteiger partial charge is 0.255 e. The molecule has 23 heavy (non-hydrogen) atoms. The van der Waals surface area contributed by atoms with Gasteiger partial charge in [-0.1, -0.05) is 23.7 Å². The minimum absolute atomic E-state index is 0.147. The highest BCUT2D eigenvalue weighted by atomic mass is 35.5. The molecule has 0 aliphatic heterocycles. The molecule has 0 aliphatic carbocycles. The van der Waals surface area contributed by atoms with Gasteiger partial charge in [0.25, 0.3) is 5.91 Å². The van der Waals surface area contributed by atoms with Crippen LogP contribution in [0, 0.1) is 0 Å². The molecule has 0 saturated carbocycles. The number of imidazole rings is 1. The zero-order valence-corrected chi connectivity index (χ0v) is 13.7. The Morgan fingerprint density at radius 3 is 2.96 bits per heavy atom. The van der Waals surface area contributed by atoms with E-state index >= 15 is 0 Å². The van der Waals surface area contributed by atoms with Gasteiger partial charge in [-0.3, -0.25) is 4.79 Å². The lowest BCUT2D eigenvalue weighted by Crippen LogP contribution is -2.20. The van der Waals surface area contributed by atoms with Crippen LogP contribution in [0.5, 0.6) is 5.75 Å². The van der Waals surface area contributed by atoms with Crippen LogP contribution in [0.1, 0.15) is 4.88 Å². The number of rotatable bonds is 6. The first kappa shape index (κ1) is 15.6. The van der Waals surface area contributed by atoms with E-state index in [-0.39, 0.29) is 6.61 Å². The summed E-state index contributed by atoms with van der Waals surface area (Å²) in [5.41, 5.74) is 6.00. The van der Waals surface area contributed by atoms with Gasteiger partial charge in [0.05, 0.1) is 10.9 Å². The van der Waals surface area contributed by atoms with Crippen LogP contribution in [0.25, 0.3) is 11.4 Å². The van der Waals surface area contributed by atoms with Crippen LogP contribution in [0.4, 0.5) is 0 Å². The number of nitrogens with two attached hydrogens (primary N) is 1. The van der Waals surface area contributed by atoms with Crippen LogP contribution in [0.2, 0.25) is 4.34 Å². The molecular formula is C16H14ClN3O2S. The van der Waals surface area contributed by atoms with Crippen molar-refractivity contribution < 1.29 is 9.53 Å². The summed E-state index contributed by atoms with van der Waals surface area (Å²) >= 11 is 7.52. The van der Waals surface area contributed by atoms with Crippen molar-refractivity contribution >= 4 is 28.8 Å². The van der Waals surface area contributed by atoms with E-state index in [2.05, 4.69) is 4.98 Å². The zero-order chi connectivity index (χ0) is 16.2. The molecule has 0 radical (unpaired) electrons. The number of nitrogens with zero attached hydrogens (tertiary/aromatic N) is 2. The predicted molar refractivity (Wildman–Crippen MR) is 90.8 cm³/mol. The van der Waals surface area contributed by atoms with Gasteiger partial charge < -0.3 is 15.0 Å². The van der Waals surface area contributed by atoms with Crippen molar-refractivity contribution in [2.75, 3.05) is 6.61 Å². The average molecular weight is 348 g/mol. The van der Waals surface area contributed by atoms with Crippen molar-refractivity contribution in [3.8, 4) is 17.1 Å². The maximum atomic E-state index is 10.8. The maximum absolute atomic E-state index is 10.8. The molecule has 7 heteroatoms. The average Bonchev–Trinajstić information content (AvgIpc) is 3.15. The van der Waals surface area contributed by atoms with Crippen molar-refractivity contribution in [3.05, 3.63) is 58.0 Å². The number of aromatic nitrogens is 2. The number of hydrogen-bond donors (Lipinski definition) is 1. The second-order valence-corrected chi connectivity index (χ2v) is 6.67. The van der Waals surface area contributed by atoms with Crippen LogP contribution in [0.15, 0.2) is 48.8 Å². The SMILES string of the molecule is NC(=O)COc1cccc(-c2nccn2Cc2ccc(Cl)s2)c1. The first-order chi connectivity index (χ1) is 11.1. The molecule has 0 saturated heterocycles. The predicted octanol–water partition coefficient (Wildman–Crippen LogP) is 3.18. The fourth-order valence-corrected chi connectivity index (χ4v) is 3.27. The third-order valence-corrected chi connectivity index (χ3v) is 4.36. The summed E-state index contributed by atoms with van der Waals surface area (Å²) < 4.78 is 8.14. The molecule has 0 atom stereocenters. The Labute approximate surface area is 142 Å². The first-order valence-corrected chi connectivity index (χ1v) is 8.08. The molecule has 0 spiro atoms. The molecule has 3 aromatic rings. The van der Waals surface area contributed by atoms with Gasteiger partial charge in [-0.15, -0.1) is 11.3 Å². The van der Waals surface area contributed by atoms with Gasteiger partial charge in [-0.05, 0) is 24.3 Å². The number of halogens is 1. The Bertz CT molecular complexity index is 828. The molecule has 2 heterocycles. The Balaban J connectivity index is 1.83. The quantitative estimate of drug-likeness (QED) is 0.744. The lowest BCUT2D eigenvalue weighted by Gasteiger charge is -2.09. The minimum Gasteiger partial charge on any atom is -0.484 e. The molecule has 1 amide bonds. The van der Waals surface area contributed by atoms with E-state index in [0.717, 1.165) is 20.6 Å². The number of primary amides is 1. The normalized spacial score (nSPS) is 10.7. The summed E-state index contributed by atoms with van der Waals surface area (Å²) in [7, 11) is 0. The second-order valence-electron chi connectivity index (χ2n) is 4.87. The minimum atomic E-state index is -0.508. The Kier molecular flexibility index (Phi) is 4.64. The van der Waals surface area contributed by atoms with Crippen LogP contribution < -0.4 is 10.5 Å². The van der Waals surface area contributed by atoms with E-state index < -0.39 is 5.91 Å². The molecular weight excluding hydrogens is 334 g/mol. The van der Waals surface area contributed by atoms with Crippen molar-refractivity contribution in [1.29, 1.82) is 0 Å². The number of hydrogen-bond acceptors (Lipinski definition) is 4. The third-order valence-electron chi connectivity index (χ3n) is 3.14. The summed E-state index contributed by atoms with van der Waals surface area (Å²) in [4.78, 5) is 16.4. The van der Waals surface area contributed by atoms with Crippen molar-refractivity contribution in [2.45, 2.75) is 6.54 Å². The largest absolute Gasteiger partial charge is 0.484 e. The topological polar surface area (TPSA) is 70.1 Å². The molecule has 118 valence electrons. The standard InChI is InChI=1S/C16H14ClN3O2S/c17-14-5-4-13(23-14)9-20-7-6-19-16(20)11-2-1-3-12(8-11)22-10-15(18)21/h1-8H,9-10H2,(H2,18,21). The monoisotopic (exact) mass is 347 g/mol. The van der Waals surface area contributed by atoms with Crippen molar-refractivity contribution in [3.63, 3.8) is 0 Å². The number of benzene rings is 1. The summed E-state index contributed by atoms with van der Waals surface area (Å²) in [5.74, 6) is 0.889. The summed E-state index contributed by atoms with van der Waals surface area (Å²) in [6, 6.07) is 11.3. The van der Waals surface area contributed by atoms with Gasteiger partial charge in [-0.25, -0.2) is 4.98 Å². The highest BCUT2D eigenvalue weighted by molar-refractivity contribution is 7.16. The fraction of sp³-hybridized carbons (Fsp3) is 0.125. The second kappa shape index (κ2) is 6.85. The Morgan fingerprint density at radius 2 is 2.22 bits per heavy atom. The highest BCUT2D eigenvalue weighted by Gasteiger charge is 2.09. The van der Waals surface area contributed by atoms with Gasteiger partial charge in [0.15, 0.2) is 6.61 Å². The van der Waals surface area contributed by atoms with E-state index in [0.29, 0.717) is 12.3 Å². The lowest BCUT2D eigenvalue weighted by molar-refractivity contribution is -0.119. The Hall–Kier alpha value is -2.31. The van der Waals surface area contributed by atoms with Crippen LogP contribution in [-0.2, 0) is 11.3 Å². The molecule has 0 fully saturated rings. The van der Waals surface area contributed by atoms with Crippen LogP contribution in [-0.4, -0.2) is 22.1 Å². The number of carbonyl (C=O) groups is 1. The highest BCUT2D eigenvalue weighted by Crippen LogP contribution is 2.26. The van der Waals surface area contributed by atoms with Gasteiger partial charge in [0.2, 0.25) is 0 Å². The maximum Gasteiger partial charge on any atom is 0.255 e. The summed E-state index contributed by atoms with van der Waals surface area (Å²) in [6.07, 6.45) is 3.67. The van der Waals surface area contributed by atoms with Gasteiger partial charge in [0.1, 0.15) is 11.6 Å². The number of carbonyl (C=O) groups excluding carboxylic acids is 1.